The summed E-state index contributed by atoms with van der Waals surface area (Å²) < 4.78 is 1.68. The second kappa shape index (κ2) is 5.41. The van der Waals surface area contributed by atoms with Crippen LogP contribution < -0.4 is 10.6 Å². The van der Waals surface area contributed by atoms with Crippen molar-refractivity contribution in [3.63, 3.8) is 0 Å². The molecule has 0 aliphatic rings. The quantitative estimate of drug-likeness (QED) is 0.679. The molecular formula is C10H15N7O. The molecule has 0 aliphatic heterocycles. The number of rotatable bonds is 5. The zero-order valence-electron chi connectivity index (χ0n) is 10.2. The fraction of sp³-hybridized carbons (Fsp3) is 0.400. The Bertz CT molecular complexity index is 497. The molecule has 0 bridgehead atoms. The lowest BCUT2D eigenvalue weighted by atomic mass is 10.4. The highest BCUT2D eigenvalue weighted by Crippen LogP contribution is 2.08. The largest absolute Gasteiger partial charge is 0.392 e. The summed E-state index contributed by atoms with van der Waals surface area (Å²) in [6.45, 7) is 2.06. The summed E-state index contributed by atoms with van der Waals surface area (Å²) in [7, 11) is 1.73. The summed E-state index contributed by atoms with van der Waals surface area (Å²) in [5, 5.41) is 15.0. The van der Waals surface area contributed by atoms with Gasteiger partial charge in [0, 0.05) is 26.0 Å². The normalized spacial score (nSPS) is 12.2. The summed E-state index contributed by atoms with van der Waals surface area (Å²) in [4.78, 5) is 16.5. The van der Waals surface area contributed by atoms with Crippen LogP contribution in [0.1, 0.15) is 6.92 Å². The summed E-state index contributed by atoms with van der Waals surface area (Å²) in [6.07, 6.45) is 4.52. The zero-order valence-corrected chi connectivity index (χ0v) is 10.2. The Morgan fingerprint density at radius 3 is 2.72 bits per heavy atom. The average molecular weight is 249 g/mol. The van der Waals surface area contributed by atoms with E-state index in [1.807, 2.05) is 0 Å². The second-order valence-electron chi connectivity index (χ2n) is 3.73. The highest BCUT2D eigenvalue weighted by Gasteiger charge is 2.07. The van der Waals surface area contributed by atoms with Crippen LogP contribution >= 0.6 is 0 Å². The maximum atomic E-state index is 9.23. The van der Waals surface area contributed by atoms with Crippen LogP contribution in [-0.2, 0) is 0 Å². The highest BCUT2D eigenvalue weighted by atomic mass is 16.3. The Hall–Kier alpha value is -2.22. The molecule has 0 saturated carbocycles. The predicted octanol–water partition coefficient (Wildman–Crippen LogP) is -0.108. The number of hydrogen-bond acceptors (Lipinski definition) is 7. The molecule has 2 aromatic heterocycles. The van der Waals surface area contributed by atoms with Crippen molar-refractivity contribution in [2.24, 2.45) is 0 Å². The number of nitrogens with one attached hydrogen (secondary N) is 2. The third kappa shape index (κ3) is 2.92. The van der Waals surface area contributed by atoms with Gasteiger partial charge >= 0.3 is 0 Å². The SMILES string of the molecule is CNc1nc(NCC(C)O)nc(-n2ccnc2)n1. The molecule has 8 heteroatoms. The smallest absolute Gasteiger partial charge is 0.241 e. The minimum Gasteiger partial charge on any atom is -0.392 e. The third-order valence-corrected chi connectivity index (χ3v) is 2.14. The summed E-state index contributed by atoms with van der Waals surface area (Å²) in [5.41, 5.74) is 0. The van der Waals surface area contributed by atoms with Gasteiger partial charge in [0.2, 0.25) is 17.8 Å². The predicted molar refractivity (Wildman–Crippen MR) is 66.7 cm³/mol. The molecule has 0 aliphatic carbocycles. The van der Waals surface area contributed by atoms with E-state index in [0.29, 0.717) is 24.4 Å². The molecule has 0 aromatic carbocycles. The summed E-state index contributed by atoms with van der Waals surface area (Å²) >= 11 is 0. The number of imidazole rings is 1. The Balaban J connectivity index is 2.27. The van der Waals surface area contributed by atoms with Gasteiger partial charge in [0.05, 0.1) is 6.10 Å². The van der Waals surface area contributed by atoms with Crippen LogP contribution in [0.4, 0.5) is 11.9 Å². The molecule has 1 atom stereocenters. The molecule has 3 N–H and O–H groups in total. The van der Waals surface area contributed by atoms with E-state index in [0.717, 1.165) is 0 Å². The second-order valence-corrected chi connectivity index (χ2v) is 3.73. The van der Waals surface area contributed by atoms with E-state index in [2.05, 4.69) is 30.6 Å². The van der Waals surface area contributed by atoms with Crippen molar-refractivity contribution in [1.29, 1.82) is 0 Å². The number of anilines is 2. The first-order chi connectivity index (χ1) is 8.69. The lowest BCUT2D eigenvalue weighted by Crippen LogP contribution is -2.18. The number of aliphatic hydroxyl groups excluding tert-OH is 1. The van der Waals surface area contributed by atoms with E-state index < -0.39 is 6.10 Å². The van der Waals surface area contributed by atoms with Gasteiger partial charge in [-0.2, -0.15) is 15.0 Å². The zero-order chi connectivity index (χ0) is 13.0. The number of nitrogens with zero attached hydrogens (tertiary/aromatic N) is 5. The van der Waals surface area contributed by atoms with Crippen molar-refractivity contribution < 1.29 is 5.11 Å². The van der Waals surface area contributed by atoms with Gasteiger partial charge in [-0.3, -0.25) is 4.57 Å². The van der Waals surface area contributed by atoms with Crippen molar-refractivity contribution in [3.05, 3.63) is 18.7 Å². The van der Waals surface area contributed by atoms with Crippen molar-refractivity contribution >= 4 is 11.9 Å². The molecule has 0 radical (unpaired) electrons. The molecular weight excluding hydrogens is 234 g/mol. The molecule has 8 nitrogen and oxygen atoms in total. The lowest BCUT2D eigenvalue weighted by molar-refractivity contribution is 0.208. The first-order valence-electron chi connectivity index (χ1n) is 5.53. The Labute approximate surface area is 104 Å². The average Bonchev–Trinajstić information content (AvgIpc) is 2.89. The van der Waals surface area contributed by atoms with E-state index >= 15 is 0 Å². The molecule has 0 spiro atoms. The van der Waals surface area contributed by atoms with Gasteiger partial charge in [-0.25, -0.2) is 4.98 Å². The summed E-state index contributed by atoms with van der Waals surface area (Å²) in [5.74, 6) is 1.31. The van der Waals surface area contributed by atoms with Crippen molar-refractivity contribution in [3.8, 4) is 5.95 Å². The standard InChI is InChI=1S/C10H15N7O/c1-7(18)5-13-9-14-8(11-2)15-10(16-9)17-4-3-12-6-17/h3-4,6-7,18H,5H2,1-2H3,(H2,11,13,14,15,16). The van der Waals surface area contributed by atoms with Crippen molar-refractivity contribution in [2.45, 2.75) is 13.0 Å². The Morgan fingerprint density at radius 1 is 1.33 bits per heavy atom. The molecule has 0 fully saturated rings. The van der Waals surface area contributed by atoms with Gasteiger partial charge in [-0.05, 0) is 6.92 Å². The first kappa shape index (κ1) is 12.2. The minimum atomic E-state index is -0.475. The molecule has 2 aromatic rings. The third-order valence-electron chi connectivity index (χ3n) is 2.14. The van der Waals surface area contributed by atoms with Crippen LogP contribution in [0.2, 0.25) is 0 Å². The number of aromatic nitrogens is 5. The maximum absolute atomic E-state index is 9.23. The van der Waals surface area contributed by atoms with Gasteiger partial charge < -0.3 is 15.7 Å². The van der Waals surface area contributed by atoms with E-state index in [9.17, 15) is 5.11 Å². The fourth-order valence-corrected chi connectivity index (χ4v) is 1.29. The minimum absolute atomic E-state index is 0.372. The Kier molecular flexibility index (Phi) is 3.68. The molecule has 2 heterocycles. The lowest BCUT2D eigenvalue weighted by Gasteiger charge is -2.09. The molecule has 0 amide bonds. The van der Waals surface area contributed by atoms with E-state index in [4.69, 9.17) is 0 Å². The van der Waals surface area contributed by atoms with Crippen LogP contribution in [0.25, 0.3) is 5.95 Å². The van der Waals surface area contributed by atoms with Crippen LogP contribution in [0.5, 0.6) is 0 Å². The molecule has 2 rings (SSSR count). The van der Waals surface area contributed by atoms with Crippen LogP contribution in [-0.4, -0.2) is 49.3 Å². The Morgan fingerprint density at radius 2 is 2.11 bits per heavy atom. The molecule has 18 heavy (non-hydrogen) atoms. The molecule has 1 unspecified atom stereocenters. The fourth-order valence-electron chi connectivity index (χ4n) is 1.29. The van der Waals surface area contributed by atoms with Gasteiger partial charge in [-0.15, -0.1) is 0 Å². The van der Waals surface area contributed by atoms with Gasteiger partial charge in [0.15, 0.2) is 0 Å². The monoisotopic (exact) mass is 249 g/mol. The molecule has 96 valence electrons. The van der Waals surface area contributed by atoms with Crippen molar-refractivity contribution in [1.82, 2.24) is 24.5 Å². The molecule has 0 saturated heterocycles. The van der Waals surface area contributed by atoms with Crippen LogP contribution in [0.3, 0.4) is 0 Å². The van der Waals surface area contributed by atoms with Crippen LogP contribution in [0.15, 0.2) is 18.7 Å². The number of aliphatic hydroxyl groups is 1. The van der Waals surface area contributed by atoms with Gasteiger partial charge in [0.1, 0.15) is 6.33 Å². The van der Waals surface area contributed by atoms with Crippen molar-refractivity contribution in [2.75, 3.05) is 24.2 Å². The van der Waals surface area contributed by atoms with E-state index in [1.165, 1.54) is 0 Å². The van der Waals surface area contributed by atoms with Gasteiger partial charge in [-0.1, -0.05) is 0 Å². The highest BCUT2D eigenvalue weighted by molar-refractivity contribution is 5.37. The van der Waals surface area contributed by atoms with Gasteiger partial charge in [0.25, 0.3) is 0 Å². The van der Waals surface area contributed by atoms with E-state index in [1.54, 1.807) is 37.3 Å². The maximum Gasteiger partial charge on any atom is 0.241 e. The number of hydrogen-bond donors (Lipinski definition) is 3. The first-order valence-corrected chi connectivity index (χ1v) is 5.53. The van der Waals surface area contributed by atoms with Crippen LogP contribution in [0, 0.1) is 0 Å². The topological polar surface area (TPSA) is 101 Å². The van der Waals surface area contributed by atoms with E-state index in [-0.39, 0.29) is 0 Å². The summed E-state index contributed by atoms with van der Waals surface area (Å²) in [6, 6.07) is 0.